The molecule has 0 aromatic rings. The van der Waals surface area contributed by atoms with E-state index in [1.165, 1.54) is 0 Å². The van der Waals surface area contributed by atoms with E-state index in [1.54, 1.807) is 0 Å². The third-order valence-corrected chi connectivity index (χ3v) is 11.8. The predicted molar refractivity (Wildman–Crippen MR) is 67.1 cm³/mol. The monoisotopic (exact) mass is 318 g/mol. The maximum atomic E-state index is 5.85. The summed E-state index contributed by atoms with van der Waals surface area (Å²) in [5, 5.41) is 0. The van der Waals surface area contributed by atoms with Crippen LogP contribution >= 0.6 is 0 Å². The molecule has 0 fully saturated rings. The van der Waals surface area contributed by atoms with Crippen LogP contribution in [0.3, 0.4) is 0 Å². The molecular weight excluding hydrogens is 291 g/mol. The molecule has 0 atom stereocenters. The van der Waals surface area contributed by atoms with E-state index in [9.17, 15) is 0 Å². The zero-order valence-electron chi connectivity index (χ0n) is 11.9. The molecule has 0 aromatic carbocycles. The van der Waals surface area contributed by atoms with Gasteiger partial charge in [-0.25, -0.2) is 0 Å². The van der Waals surface area contributed by atoms with Gasteiger partial charge in [0.05, 0.1) is 0 Å². The first-order chi connectivity index (χ1) is 6.34. The molecule has 0 radical (unpaired) electrons. The van der Waals surface area contributed by atoms with Crippen molar-refractivity contribution in [3.63, 3.8) is 0 Å². The molecular formula is C12H27InO2. The average molecular weight is 318 g/mol. The summed E-state index contributed by atoms with van der Waals surface area (Å²) in [5.74, 6) is 0. The molecule has 0 heterocycles. The van der Waals surface area contributed by atoms with Gasteiger partial charge in [0, 0.05) is 0 Å². The molecule has 15 heavy (non-hydrogen) atoms. The molecule has 0 rings (SSSR count). The summed E-state index contributed by atoms with van der Waals surface area (Å²) in [6.07, 6.45) is 0. The molecule has 0 aromatic heterocycles. The van der Waals surface area contributed by atoms with Gasteiger partial charge in [0.15, 0.2) is 0 Å². The Labute approximate surface area is 104 Å². The minimum absolute atomic E-state index is 0.203. The van der Waals surface area contributed by atoms with E-state index in [2.05, 4.69) is 41.5 Å². The van der Waals surface area contributed by atoms with Crippen molar-refractivity contribution in [1.82, 2.24) is 0 Å². The van der Waals surface area contributed by atoms with Crippen LogP contribution in [0.15, 0.2) is 0 Å². The second-order valence-corrected chi connectivity index (χ2v) is 20.0. The van der Waals surface area contributed by atoms with Crippen molar-refractivity contribution in [2.24, 2.45) is 0 Å². The topological polar surface area (TPSA) is 18.5 Å². The zero-order chi connectivity index (χ0) is 12.5. The summed E-state index contributed by atoms with van der Waals surface area (Å²) in [4.78, 5) is 5.54. The first-order valence-electron chi connectivity index (χ1n) is 5.68. The van der Waals surface area contributed by atoms with Crippen molar-refractivity contribution >= 4 is 21.9 Å². The number of rotatable bonds is 2. The standard InChI is InChI=1S/C4H10O2.2C4H9.In/c1-4(2,3)6-5;2*1-4(2)3;/h5H,1-3H3;2*1-3H3;/q;;;+1/p-1. The Balaban J connectivity index is 4.56. The van der Waals surface area contributed by atoms with Crippen molar-refractivity contribution in [2.45, 2.75) is 74.3 Å². The SMILES string of the molecule is CC(C)(C)O[O][In]([C](C)(C)C)[C](C)(C)C. The van der Waals surface area contributed by atoms with Crippen molar-refractivity contribution < 1.29 is 7.89 Å². The van der Waals surface area contributed by atoms with Crippen LogP contribution in [0.1, 0.15) is 62.3 Å². The van der Waals surface area contributed by atoms with E-state index in [0.717, 1.165) is 0 Å². The van der Waals surface area contributed by atoms with Gasteiger partial charge in [0.25, 0.3) is 0 Å². The molecule has 90 valence electrons. The fraction of sp³-hybridized carbons (Fsp3) is 1.00. The van der Waals surface area contributed by atoms with Crippen LogP contribution < -0.4 is 0 Å². The molecule has 0 unspecified atom stereocenters. The summed E-state index contributed by atoms with van der Waals surface area (Å²) in [7, 11) is 0. The minimum atomic E-state index is -2.20. The summed E-state index contributed by atoms with van der Waals surface area (Å²) in [6.45, 7) is 19.7. The van der Waals surface area contributed by atoms with Gasteiger partial charge in [-0.1, -0.05) is 0 Å². The van der Waals surface area contributed by atoms with Gasteiger partial charge in [0.1, 0.15) is 0 Å². The molecule has 0 aliphatic carbocycles. The van der Waals surface area contributed by atoms with E-state index < -0.39 is 21.9 Å². The summed E-state index contributed by atoms with van der Waals surface area (Å²) in [6, 6.07) is 0. The van der Waals surface area contributed by atoms with Crippen LogP contribution in [-0.4, -0.2) is 27.5 Å². The molecule has 0 N–H and O–H groups in total. The Hall–Kier alpha value is 0.790. The second-order valence-electron chi connectivity index (χ2n) is 7.40. The van der Waals surface area contributed by atoms with E-state index in [1.807, 2.05) is 20.8 Å². The molecule has 0 aliphatic rings. The number of hydrogen-bond acceptors (Lipinski definition) is 2. The molecule has 0 spiro atoms. The average Bonchev–Trinajstić information content (AvgIpc) is 1.75. The van der Waals surface area contributed by atoms with Gasteiger partial charge < -0.3 is 0 Å². The maximum absolute atomic E-state index is 5.85. The second kappa shape index (κ2) is 4.97. The molecule has 0 saturated heterocycles. The van der Waals surface area contributed by atoms with Crippen molar-refractivity contribution in [3.8, 4) is 0 Å². The Morgan fingerprint density at radius 2 is 1.00 bits per heavy atom. The quantitative estimate of drug-likeness (QED) is 0.557. The van der Waals surface area contributed by atoms with Crippen LogP contribution in [0.4, 0.5) is 0 Å². The fourth-order valence-electron chi connectivity index (χ4n) is 1.78. The summed E-state index contributed by atoms with van der Waals surface area (Å²) < 4.78 is 6.41. The third-order valence-electron chi connectivity index (χ3n) is 1.97. The van der Waals surface area contributed by atoms with E-state index in [-0.39, 0.29) is 11.9 Å². The molecule has 0 aliphatic heterocycles. The first-order valence-corrected chi connectivity index (χ1v) is 10.3. The van der Waals surface area contributed by atoms with Gasteiger partial charge in [-0.15, -0.1) is 0 Å². The molecule has 0 bridgehead atoms. The Kier molecular flexibility index (Phi) is 5.23. The van der Waals surface area contributed by atoms with Crippen molar-refractivity contribution in [2.75, 3.05) is 0 Å². The summed E-state index contributed by atoms with van der Waals surface area (Å²) in [5.41, 5.74) is -0.203. The number of hydrogen-bond donors (Lipinski definition) is 0. The normalized spacial score (nSPS) is 14.2. The Morgan fingerprint density at radius 3 is 1.20 bits per heavy atom. The van der Waals surface area contributed by atoms with E-state index in [4.69, 9.17) is 7.89 Å². The molecule has 2 nitrogen and oxygen atoms in total. The molecule has 0 saturated carbocycles. The van der Waals surface area contributed by atoms with Gasteiger partial charge >= 0.3 is 104 Å². The first kappa shape index (κ1) is 15.8. The van der Waals surface area contributed by atoms with E-state index >= 15 is 0 Å². The van der Waals surface area contributed by atoms with Crippen molar-refractivity contribution in [3.05, 3.63) is 0 Å². The third kappa shape index (κ3) is 6.85. The predicted octanol–water partition coefficient (Wildman–Crippen LogP) is 4.32. The molecule has 0 amide bonds. The van der Waals surface area contributed by atoms with Crippen LogP contribution in [0.25, 0.3) is 0 Å². The van der Waals surface area contributed by atoms with E-state index in [0.29, 0.717) is 0 Å². The molecule has 3 heteroatoms. The van der Waals surface area contributed by atoms with Gasteiger partial charge in [0.2, 0.25) is 0 Å². The van der Waals surface area contributed by atoms with Crippen LogP contribution in [0.2, 0.25) is 6.34 Å². The van der Waals surface area contributed by atoms with Gasteiger partial charge in [-0.2, -0.15) is 0 Å². The Bertz CT molecular complexity index is 179. The van der Waals surface area contributed by atoms with Crippen molar-refractivity contribution in [1.29, 1.82) is 0 Å². The fourth-order valence-corrected chi connectivity index (χ4v) is 11.9. The Morgan fingerprint density at radius 1 is 0.667 bits per heavy atom. The van der Waals surface area contributed by atoms with Crippen LogP contribution in [-0.2, 0) is 7.89 Å². The zero-order valence-corrected chi connectivity index (χ0v) is 15.2. The van der Waals surface area contributed by atoms with Crippen LogP contribution in [0, 0.1) is 0 Å². The van der Waals surface area contributed by atoms with Crippen LogP contribution in [0.5, 0.6) is 0 Å². The van der Waals surface area contributed by atoms with Gasteiger partial charge in [-0.3, -0.25) is 0 Å². The van der Waals surface area contributed by atoms with Gasteiger partial charge in [-0.05, 0) is 0 Å². The summed E-state index contributed by atoms with van der Waals surface area (Å²) >= 11 is -2.20.